The lowest BCUT2D eigenvalue weighted by Crippen LogP contribution is -2.25. The van der Waals surface area contributed by atoms with Crippen LogP contribution < -0.4 is 0 Å². The molecule has 6 nitrogen and oxygen atoms in total. The number of hydrogen-bond donors (Lipinski definition) is 0. The fourth-order valence-electron chi connectivity index (χ4n) is 2.24. The number of rotatable bonds is 4. The lowest BCUT2D eigenvalue weighted by molar-refractivity contribution is -0.0509. The first-order valence-electron chi connectivity index (χ1n) is 7.27. The van der Waals surface area contributed by atoms with Gasteiger partial charge < -0.3 is 4.18 Å². The van der Waals surface area contributed by atoms with E-state index in [2.05, 4.69) is 14.5 Å². The molecule has 0 amide bonds. The fraction of sp³-hybridized carbons (Fsp3) is 0.125. The van der Waals surface area contributed by atoms with Gasteiger partial charge in [-0.3, -0.25) is 0 Å². The summed E-state index contributed by atoms with van der Waals surface area (Å²) in [6.07, 6.45) is 1.06. The average molecular weight is 383 g/mol. The molecule has 0 bridgehead atoms. The van der Waals surface area contributed by atoms with Gasteiger partial charge in [0.1, 0.15) is 5.52 Å². The van der Waals surface area contributed by atoms with Crippen LogP contribution in [0.4, 0.5) is 13.2 Å². The Morgan fingerprint density at radius 1 is 1.12 bits per heavy atom. The zero-order chi connectivity index (χ0) is 18.9. The van der Waals surface area contributed by atoms with Crippen LogP contribution in [0, 0.1) is 6.92 Å². The first-order chi connectivity index (χ1) is 12.2. The molecule has 0 unspecified atom stereocenters. The van der Waals surface area contributed by atoms with Gasteiger partial charge in [-0.05, 0) is 24.6 Å². The third kappa shape index (κ3) is 3.40. The molecule has 3 aromatic rings. The lowest BCUT2D eigenvalue weighted by Gasteiger charge is -2.14. The van der Waals surface area contributed by atoms with Crippen molar-refractivity contribution in [2.24, 2.45) is 0 Å². The quantitative estimate of drug-likeness (QED) is 0.391. The van der Waals surface area contributed by atoms with Gasteiger partial charge in [-0.25, -0.2) is 4.68 Å². The number of aryl methyl sites for hydroxylation is 1. The van der Waals surface area contributed by atoms with Crippen LogP contribution in [0.3, 0.4) is 0 Å². The second-order valence-corrected chi connectivity index (χ2v) is 6.85. The maximum atomic E-state index is 12.8. The normalized spacial score (nSPS) is 13.2. The third-order valence-corrected chi connectivity index (χ3v) is 4.48. The minimum atomic E-state index is -5.85. The van der Waals surface area contributed by atoms with Crippen LogP contribution in [0.1, 0.15) is 11.1 Å². The second-order valence-electron chi connectivity index (χ2n) is 5.31. The molecule has 0 aliphatic heterocycles. The topological polar surface area (TPSA) is 74.1 Å². The zero-order valence-corrected chi connectivity index (χ0v) is 14.1. The van der Waals surface area contributed by atoms with E-state index in [1.165, 1.54) is 6.07 Å². The number of benzene rings is 2. The number of aromatic nitrogens is 3. The third-order valence-electron chi connectivity index (χ3n) is 3.51. The molecule has 3 rings (SSSR count). The Balaban J connectivity index is 2.17. The Labute approximate surface area is 146 Å². The van der Waals surface area contributed by atoms with E-state index in [4.69, 9.17) is 0 Å². The highest BCUT2D eigenvalue weighted by Gasteiger charge is 2.49. The molecule has 0 spiro atoms. The average Bonchev–Trinajstić information content (AvgIpc) is 2.97. The highest BCUT2D eigenvalue weighted by Crippen LogP contribution is 2.31. The van der Waals surface area contributed by atoms with E-state index in [0.717, 1.165) is 10.9 Å². The predicted molar refractivity (Wildman–Crippen MR) is 88.9 cm³/mol. The number of halogens is 3. The summed E-state index contributed by atoms with van der Waals surface area (Å²) in [5.41, 5.74) is -3.88. The SMILES string of the molecule is Cc1ccccc1C(=Cn1nnc2ccccc21)OS(=O)(=O)C(F)(F)F. The summed E-state index contributed by atoms with van der Waals surface area (Å²) >= 11 is 0. The van der Waals surface area contributed by atoms with Crippen LogP contribution in [-0.4, -0.2) is 28.9 Å². The van der Waals surface area contributed by atoms with E-state index in [1.54, 1.807) is 49.4 Å². The molecular weight excluding hydrogens is 371 g/mol. The van der Waals surface area contributed by atoms with Gasteiger partial charge in [0.2, 0.25) is 0 Å². The summed E-state index contributed by atoms with van der Waals surface area (Å²) < 4.78 is 66.9. The summed E-state index contributed by atoms with van der Waals surface area (Å²) in [6.45, 7) is 1.62. The van der Waals surface area contributed by atoms with Gasteiger partial charge in [-0.1, -0.05) is 41.6 Å². The van der Waals surface area contributed by atoms with Gasteiger partial charge in [0.05, 0.1) is 11.7 Å². The van der Waals surface area contributed by atoms with Crippen LogP contribution in [0.2, 0.25) is 0 Å². The summed E-state index contributed by atoms with van der Waals surface area (Å²) in [5, 5.41) is 7.69. The van der Waals surface area contributed by atoms with Gasteiger partial charge >= 0.3 is 15.6 Å². The smallest absolute Gasteiger partial charge is 0.374 e. The van der Waals surface area contributed by atoms with Crippen molar-refractivity contribution in [3.05, 3.63) is 59.7 Å². The molecule has 1 aromatic heterocycles. The molecule has 0 saturated heterocycles. The molecule has 0 aliphatic rings. The maximum absolute atomic E-state index is 12.8. The molecule has 1 heterocycles. The maximum Gasteiger partial charge on any atom is 0.534 e. The van der Waals surface area contributed by atoms with Crippen molar-refractivity contribution in [1.82, 2.24) is 15.0 Å². The van der Waals surface area contributed by atoms with Crippen LogP contribution >= 0.6 is 0 Å². The second kappa shape index (κ2) is 6.45. The Hall–Kier alpha value is -2.88. The molecule has 0 atom stereocenters. The Morgan fingerprint density at radius 2 is 1.77 bits per heavy atom. The summed E-state index contributed by atoms with van der Waals surface area (Å²) in [4.78, 5) is 0. The van der Waals surface area contributed by atoms with Gasteiger partial charge in [0.25, 0.3) is 0 Å². The molecule has 0 radical (unpaired) electrons. The lowest BCUT2D eigenvalue weighted by atomic mass is 10.1. The van der Waals surface area contributed by atoms with Crippen LogP contribution in [0.5, 0.6) is 0 Å². The van der Waals surface area contributed by atoms with Crippen molar-refractivity contribution in [2.75, 3.05) is 0 Å². The number of fused-ring (bicyclic) bond motifs is 1. The van der Waals surface area contributed by atoms with E-state index in [9.17, 15) is 21.6 Å². The number of para-hydroxylation sites is 1. The van der Waals surface area contributed by atoms with Gasteiger partial charge in [0.15, 0.2) is 5.76 Å². The Bertz CT molecular complexity index is 1090. The Morgan fingerprint density at radius 3 is 2.46 bits per heavy atom. The molecule has 0 saturated carbocycles. The highest BCUT2D eigenvalue weighted by atomic mass is 32.2. The zero-order valence-electron chi connectivity index (χ0n) is 13.3. The van der Waals surface area contributed by atoms with Gasteiger partial charge in [-0.2, -0.15) is 21.6 Å². The largest absolute Gasteiger partial charge is 0.534 e. The van der Waals surface area contributed by atoms with Crippen molar-refractivity contribution in [1.29, 1.82) is 0 Å². The van der Waals surface area contributed by atoms with E-state index in [1.807, 2.05) is 0 Å². The van der Waals surface area contributed by atoms with Crippen LogP contribution in [-0.2, 0) is 14.3 Å². The molecule has 0 N–H and O–H groups in total. The van der Waals surface area contributed by atoms with Gasteiger partial charge in [-0.15, -0.1) is 5.10 Å². The standard InChI is InChI=1S/C16H12F3N3O3S/c1-11-6-2-3-7-12(11)15(25-26(23,24)16(17,18)19)10-22-14-9-5-4-8-13(14)20-21-22/h2-10H,1H3. The van der Waals surface area contributed by atoms with Crippen molar-refractivity contribution in [2.45, 2.75) is 12.4 Å². The molecular formula is C16H12F3N3O3S. The number of alkyl halides is 3. The van der Waals surface area contributed by atoms with Crippen molar-refractivity contribution >= 4 is 33.1 Å². The van der Waals surface area contributed by atoms with Gasteiger partial charge in [0, 0.05) is 5.56 Å². The Kier molecular flexibility index (Phi) is 4.45. The van der Waals surface area contributed by atoms with Crippen molar-refractivity contribution < 1.29 is 25.8 Å². The van der Waals surface area contributed by atoms with Crippen LogP contribution in [0.15, 0.2) is 48.5 Å². The number of nitrogens with zero attached hydrogens (tertiary/aromatic N) is 3. The van der Waals surface area contributed by atoms with Crippen molar-refractivity contribution in [3.63, 3.8) is 0 Å². The van der Waals surface area contributed by atoms with Crippen molar-refractivity contribution in [3.8, 4) is 0 Å². The predicted octanol–water partition coefficient (Wildman–Crippen LogP) is 3.56. The fourth-order valence-corrected chi connectivity index (χ4v) is 2.71. The minimum absolute atomic E-state index is 0.180. The molecule has 26 heavy (non-hydrogen) atoms. The highest BCUT2D eigenvalue weighted by molar-refractivity contribution is 7.87. The summed E-state index contributed by atoms with van der Waals surface area (Å²) in [7, 11) is -5.85. The first kappa shape index (κ1) is 17.9. The van der Waals surface area contributed by atoms with E-state index in [0.29, 0.717) is 16.6 Å². The molecule has 2 aromatic carbocycles. The number of hydrogen-bond acceptors (Lipinski definition) is 5. The van der Waals surface area contributed by atoms with Crippen LogP contribution in [0.25, 0.3) is 23.0 Å². The van der Waals surface area contributed by atoms with E-state index >= 15 is 0 Å². The molecule has 10 heteroatoms. The molecule has 0 aliphatic carbocycles. The van der Waals surface area contributed by atoms with E-state index < -0.39 is 21.4 Å². The summed E-state index contributed by atoms with van der Waals surface area (Å²) in [5.74, 6) is -0.518. The van der Waals surface area contributed by atoms with E-state index in [-0.39, 0.29) is 5.56 Å². The molecule has 0 fully saturated rings. The molecule has 136 valence electrons. The summed E-state index contributed by atoms with van der Waals surface area (Å²) in [6, 6.07) is 13.0. The minimum Gasteiger partial charge on any atom is -0.374 e. The monoisotopic (exact) mass is 383 g/mol. The first-order valence-corrected chi connectivity index (χ1v) is 8.68.